The minimum atomic E-state index is 1.11. The molecule has 0 aliphatic heterocycles. The zero-order valence-corrected chi connectivity index (χ0v) is 59.7. The molecule has 0 rings (SSSR count). The van der Waals surface area contributed by atoms with Crippen LogP contribution in [0, 0.1) is 0 Å². The average Bonchev–Trinajstić information content (AvgIpc) is 3.35. The van der Waals surface area contributed by atoms with E-state index in [1.54, 1.807) is 0 Å². The van der Waals surface area contributed by atoms with Crippen molar-refractivity contribution in [2.24, 2.45) is 0 Å². The molecule has 0 amide bonds. The summed E-state index contributed by atoms with van der Waals surface area (Å²) in [6.07, 6.45) is 1.25. The normalized spacial score (nSPS) is 12.8. The molecule has 20 heteroatoms. The number of hydrogen-bond donors (Lipinski definition) is 0. The molecule has 0 bridgehead atoms. The maximum Gasteiger partial charge on any atom is 0.0110 e. The van der Waals surface area contributed by atoms with E-state index in [2.05, 4.69) is 281 Å². The Hall–Kier alpha value is -0.800. The van der Waals surface area contributed by atoms with Gasteiger partial charge in [0.1, 0.15) is 0 Å². The lowest BCUT2D eigenvalue weighted by atomic mass is 10.3. The van der Waals surface area contributed by atoms with E-state index < -0.39 is 0 Å². The predicted molar refractivity (Wildman–Crippen MR) is 361 cm³/mol. The van der Waals surface area contributed by atoms with Gasteiger partial charge in [0.05, 0.1) is 0 Å². The Balaban J connectivity index is -0.00000126. The van der Waals surface area contributed by atoms with Gasteiger partial charge in [-0.3, -0.25) is 24.5 Å². The molecule has 0 spiro atoms. The largest absolute Gasteiger partial charge is 0.308 e. The second kappa shape index (κ2) is 54.6. The van der Waals surface area contributed by atoms with Crippen molar-refractivity contribution in [1.29, 1.82) is 0 Å². The minimum absolute atomic E-state index is 1.11. The van der Waals surface area contributed by atoms with Gasteiger partial charge in [0, 0.05) is 209 Å². The van der Waals surface area contributed by atoms with Crippen LogP contribution in [0.25, 0.3) is 0 Å². The molecular formula is C61H148N20. The summed E-state index contributed by atoms with van der Waals surface area (Å²) in [4.78, 5) is 48.2. The number of hydrogen-bond acceptors (Lipinski definition) is 20. The van der Waals surface area contributed by atoms with E-state index in [-0.39, 0.29) is 0 Å². The van der Waals surface area contributed by atoms with Crippen LogP contribution in [-0.4, -0.2) is 504 Å². The van der Waals surface area contributed by atoms with Gasteiger partial charge < -0.3 is 73.5 Å². The van der Waals surface area contributed by atoms with Gasteiger partial charge in [-0.15, -0.1) is 0 Å². The summed E-state index contributed by atoms with van der Waals surface area (Å²) in [5, 5.41) is 0. The fourth-order valence-electron chi connectivity index (χ4n) is 8.15. The van der Waals surface area contributed by atoms with Crippen LogP contribution in [0.15, 0.2) is 0 Å². The molecule has 0 aromatic carbocycles. The predicted octanol–water partition coefficient (Wildman–Crippen LogP) is -0.236. The molecule has 0 atom stereocenters. The van der Waals surface area contributed by atoms with Crippen LogP contribution in [-0.2, 0) is 0 Å². The molecule has 0 unspecified atom stereocenters. The fraction of sp³-hybridized carbons (Fsp3) is 1.00. The van der Waals surface area contributed by atoms with E-state index in [1.165, 1.54) is 19.5 Å². The summed E-state index contributed by atoms with van der Waals surface area (Å²) in [6, 6.07) is 0. The van der Waals surface area contributed by atoms with Crippen molar-refractivity contribution in [3.05, 3.63) is 0 Å². The summed E-state index contributed by atoms with van der Waals surface area (Å²) in [5.41, 5.74) is 0. The molecule has 81 heavy (non-hydrogen) atoms. The lowest BCUT2D eigenvalue weighted by Crippen LogP contribution is -2.47. The van der Waals surface area contributed by atoms with Crippen molar-refractivity contribution in [1.82, 2.24) is 98.0 Å². The summed E-state index contributed by atoms with van der Waals surface area (Å²) in [5.74, 6) is 0. The molecule has 0 aromatic rings. The van der Waals surface area contributed by atoms with Crippen molar-refractivity contribution in [2.75, 3.05) is 406 Å². The fourth-order valence-corrected chi connectivity index (χ4v) is 8.15. The molecule has 0 aromatic heterocycles. The van der Waals surface area contributed by atoms with Gasteiger partial charge in [-0.25, -0.2) is 0 Å². The van der Waals surface area contributed by atoms with E-state index in [1.807, 2.05) is 0 Å². The molecule has 0 N–H and O–H groups in total. The highest BCUT2D eigenvalue weighted by atomic mass is 15.3. The first kappa shape index (κ1) is 84.4. The lowest BCUT2D eigenvalue weighted by Gasteiger charge is -2.33. The van der Waals surface area contributed by atoms with E-state index in [9.17, 15) is 0 Å². The zero-order valence-electron chi connectivity index (χ0n) is 59.7. The van der Waals surface area contributed by atoms with Crippen molar-refractivity contribution in [3.63, 3.8) is 0 Å². The number of likely N-dealkylation sites (N-methyl/N-ethyl adjacent to an activating group) is 13. The highest BCUT2D eigenvalue weighted by Crippen LogP contribution is 2.02. The van der Waals surface area contributed by atoms with Crippen molar-refractivity contribution < 1.29 is 0 Å². The highest BCUT2D eigenvalue weighted by molar-refractivity contribution is 4.73. The Labute approximate surface area is 508 Å². The monoisotopic (exact) mass is 1160 g/mol. The van der Waals surface area contributed by atoms with E-state index in [0.29, 0.717) is 0 Å². The van der Waals surface area contributed by atoms with Crippen LogP contribution in [0.1, 0.15) is 6.42 Å². The van der Waals surface area contributed by atoms with Crippen LogP contribution >= 0.6 is 0 Å². The van der Waals surface area contributed by atoms with Crippen molar-refractivity contribution in [2.45, 2.75) is 6.42 Å². The molecule has 0 aliphatic rings. The first-order valence-corrected chi connectivity index (χ1v) is 31.4. The topological polar surface area (TPSA) is 64.8 Å². The molecule has 0 radical (unpaired) electrons. The molecule has 0 saturated heterocycles. The molecule has 492 valence electrons. The SMILES string of the molecule is CN(C)CCN(CCCN(CCN(C)C)CCN(C)C)CCN(C)C.CN(C)CCN(CCN(C)C)CCN(C)C.CN(C)CCN(CCN(C)C)CCN(CCN(CCN(C)C)CCN(C)C)CCN(CCN(C)C)CCN(C)C. The van der Waals surface area contributed by atoms with Crippen LogP contribution in [0.3, 0.4) is 0 Å². The van der Waals surface area contributed by atoms with Crippen molar-refractivity contribution >= 4 is 0 Å². The second-order valence-electron chi connectivity index (χ2n) is 26.7. The van der Waals surface area contributed by atoms with Gasteiger partial charge in [-0.1, -0.05) is 0 Å². The summed E-state index contributed by atoms with van der Waals surface area (Å²) in [6.45, 7) is 38.7. The maximum absolute atomic E-state index is 2.74. The van der Waals surface area contributed by atoms with Crippen LogP contribution < -0.4 is 0 Å². The number of rotatable bonds is 52. The van der Waals surface area contributed by atoms with Gasteiger partial charge in [-0.05, 0) is 203 Å². The molecule has 0 aliphatic carbocycles. The third-order valence-electron chi connectivity index (χ3n) is 14.4. The smallest absolute Gasteiger partial charge is 0.0110 e. The van der Waals surface area contributed by atoms with Gasteiger partial charge in [0.15, 0.2) is 0 Å². The van der Waals surface area contributed by atoms with Crippen LogP contribution in [0.2, 0.25) is 0 Å². The molecule has 0 heterocycles. The molecule has 0 saturated carbocycles. The summed E-state index contributed by atoms with van der Waals surface area (Å²) >= 11 is 0. The maximum atomic E-state index is 2.74. The first-order chi connectivity index (χ1) is 37.9. The third kappa shape index (κ3) is 65.0. The first-order valence-electron chi connectivity index (χ1n) is 31.4. The Kier molecular flexibility index (Phi) is 56.9. The summed E-state index contributed by atoms with van der Waals surface area (Å²) in [7, 11) is 56.3. The molecular weight excluding hydrogens is 1010 g/mol. The van der Waals surface area contributed by atoms with Crippen LogP contribution in [0.5, 0.6) is 0 Å². The molecule has 0 fully saturated rings. The third-order valence-corrected chi connectivity index (χ3v) is 14.4. The lowest BCUT2D eigenvalue weighted by molar-refractivity contribution is 0.137. The highest BCUT2D eigenvalue weighted by Gasteiger charge is 2.17. The Morgan fingerprint density at radius 3 is 0.259 bits per heavy atom. The van der Waals surface area contributed by atoms with Gasteiger partial charge in [0.2, 0.25) is 0 Å². The number of nitrogens with zero attached hydrogens (tertiary/aromatic N) is 20. The molecule has 20 nitrogen and oxygen atoms in total. The average molecular weight is 1160 g/mol. The van der Waals surface area contributed by atoms with E-state index in [4.69, 9.17) is 0 Å². The minimum Gasteiger partial charge on any atom is -0.308 e. The second-order valence-corrected chi connectivity index (χ2v) is 26.7. The zero-order chi connectivity index (χ0) is 62.3. The Morgan fingerprint density at radius 2 is 0.173 bits per heavy atom. The standard InChI is InChI=1S/C30H72N10.C19H46N6.C12H30N4/c1-31(2)13-19-37(20-14-32(3)4)25-28-40(29-26-38(21-15-33(5)6)22-16-34(7)8)30-27-39(23-17-35(9)10)24-18-36(11)12;1-20(2)12-16-24(17-13-21(3)4)10-9-11-25(18-14-22(5)6)19-15-23(7)8;1-13(2)7-10-16(11-8-14(3)4)12-9-15(5)6/h13-30H2,1-12H3;9-19H2,1-8H3;7-12H2,1-6H3. The van der Waals surface area contributed by atoms with Crippen LogP contribution in [0.4, 0.5) is 0 Å². The van der Waals surface area contributed by atoms with E-state index >= 15 is 0 Å². The van der Waals surface area contributed by atoms with Gasteiger partial charge >= 0.3 is 0 Å². The summed E-state index contributed by atoms with van der Waals surface area (Å²) < 4.78 is 0. The Morgan fingerprint density at radius 1 is 0.0988 bits per heavy atom. The van der Waals surface area contributed by atoms with E-state index in [0.717, 1.165) is 209 Å². The van der Waals surface area contributed by atoms with Gasteiger partial charge in [-0.2, -0.15) is 0 Å². The Bertz CT molecular complexity index is 1090. The van der Waals surface area contributed by atoms with Gasteiger partial charge in [0.25, 0.3) is 0 Å². The van der Waals surface area contributed by atoms with Crippen molar-refractivity contribution in [3.8, 4) is 0 Å². The quantitative estimate of drug-likeness (QED) is 0.0806.